The van der Waals surface area contributed by atoms with Crippen LogP contribution in [-0.2, 0) is 0 Å². The minimum atomic E-state index is -0.209. The van der Waals surface area contributed by atoms with Crippen LogP contribution in [0.3, 0.4) is 0 Å². The zero-order valence-corrected chi connectivity index (χ0v) is 14.1. The van der Waals surface area contributed by atoms with E-state index in [9.17, 15) is 4.79 Å². The molecular formula is C16H23ClN2O3. The highest BCUT2D eigenvalue weighted by molar-refractivity contribution is 6.32. The van der Waals surface area contributed by atoms with E-state index in [-0.39, 0.29) is 11.9 Å². The molecule has 6 heteroatoms. The number of halogens is 1. The SMILES string of the molecule is CCN1CCCC(NC(=O)c2c(OC)ccc(Cl)c2OC)C1. The largest absolute Gasteiger partial charge is 0.496 e. The Hall–Kier alpha value is -1.46. The Bertz CT molecular complexity index is 536. The van der Waals surface area contributed by atoms with Crippen LogP contribution in [0.2, 0.25) is 5.02 Å². The maximum atomic E-state index is 12.7. The first-order chi connectivity index (χ1) is 10.6. The molecule has 2 rings (SSSR count). The van der Waals surface area contributed by atoms with E-state index in [0.29, 0.717) is 22.1 Å². The average molecular weight is 327 g/mol. The number of carbonyl (C=O) groups excluding carboxylic acids is 1. The fraction of sp³-hybridized carbons (Fsp3) is 0.562. The highest BCUT2D eigenvalue weighted by Gasteiger charge is 2.25. The predicted molar refractivity (Wildman–Crippen MR) is 87.2 cm³/mol. The summed E-state index contributed by atoms with van der Waals surface area (Å²) in [5.41, 5.74) is 0.353. The Morgan fingerprint density at radius 1 is 1.41 bits per heavy atom. The number of amides is 1. The highest BCUT2D eigenvalue weighted by atomic mass is 35.5. The van der Waals surface area contributed by atoms with Crippen molar-refractivity contribution in [1.29, 1.82) is 0 Å². The number of rotatable bonds is 5. The number of piperidine rings is 1. The highest BCUT2D eigenvalue weighted by Crippen LogP contribution is 2.35. The van der Waals surface area contributed by atoms with Crippen LogP contribution < -0.4 is 14.8 Å². The summed E-state index contributed by atoms with van der Waals surface area (Å²) in [6.45, 7) is 5.09. The number of likely N-dealkylation sites (tertiary alicyclic amines) is 1. The van der Waals surface area contributed by atoms with Gasteiger partial charge in [0, 0.05) is 12.6 Å². The lowest BCUT2D eigenvalue weighted by Gasteiger charge is -2.32. The molecule has 1 aliphatic rings. The minimum Gasteiger partial charge on any atom is -0.496 e. The third-order valence-electron chi connectivity index (χ3n) is 4.01. The molecule has 1 heterocycles. The van der Waals surface area contributed by atoms with Gasteiger partial charge in [0.05, 0.1) is 19.2 Å². The van der Waals surface area contributed by atoms with E-state index in [2.05, 4.69) is 17.1 Å². The molecular weight excluding hydrogens is 304 g/mol. The van der Waals surface area contributed by atoms with E-state index in [1.54, 1.807) is 12.1 Å². The number of nitrogens with one attached hydrogen (secondary N) is 1. The lowest BCUT2D eigenvalue weighted by atomic mass is 10.0. The van der Waals surface area contributed by atoms with E-state index in [0.717, 1.165) is 32.5 Å². The number of likely N-dealkylation sites (N-methyl/N-ethyl adjacent to an activating group) is 1. The third-order valence-corrected chi connectivity index (χ3v) is 4.31. The number of ether oxygens (including phenoxy) is 2. The topological polar surface area (TPSA) is 50.8 Å². The smallest absolute Gasteiger partial charge is 0.259 e. The monoisotopic (exact) mass is 326 g/mol. The van der Waals surface area contributed by atoms with Crippen molar-refractivity contribution in [3.63, 3.8) is 0 Å². The summed E-state index contributed by atoms with van der Waals surface area (Å²) in [7, 11) is 3.02. The van der Waals surface area contributed by atoms with Crippen LogP contribution in [0.1, 0.15) is 30.1 Å². The second kappa shape index (κ2) is 7.70. The van der Waals surface area contributed by atoms with Gasteiger partial charge in [-0.2, -0.15) is 0 Å². The summed E-state index contributed by atoms with van der Waals surface area (Å²) in [6.07, 6.45) is 2.07. The molecule has 1 aromatic carbocycles. The molecule has 1 saturated heterocycles. The number of benzene rings is 1. The van der Waals surface area contributed by atoms with Crippen molar-refractivity contribution in [3.8, 4) is 11.5 Å². The number of methoxy groups -OCH3 is 2. The van der Waals surface area contributed by atoms with Gasteiger partial charge in [-0.25, -0.2) is 0 Å². The molecule has 0 bridgehead atoms. The van der Waals surface area contributed by atoms with E-state index in [1.165, 1.54) is 14.2 Å². The fourth-order valence-corrected chi connectivity index (χ4v) is 3.08. The van der Waals surface area contributed by atoms with Crippen molar-refractivity contribution >= 4 is 17.5 Å². The molecule has 5 nitrogen and oxygen atoms in total. The Morgan fingerprint density at radius 2 is 2.18 bits per heavy atom. The number of carbonyl (C=O) groups is 1. The van der Waals surface area contributed by atoms with E-state index >= 15 is 0 Å². The van der Waals surface area contributed by atoms with E-state index in [4.69, 9.17) is 21.1 Å². The van der Waals surface area contributed by atoms with Gasteiger partial charge in [0.2, 0.25) is 0 Å². The fourth-order valence-electron chi connectivity index (χ4n) is 2.84. The summed E-state index contributed by atoms with van der Waals surface area (Å²) in [6, 6.07) is 3.48. The molecule has 0 radical (unpaired) electrons. The first kappa shape index (κ1) is 16.9. The van der Waals surface area contributed by atoms with E-state index < -0.39 is 0 Å². The molecule has 1 amide bonds. The summed E-state index contributed by atoms with van der Waals surface area (Å²) in [5, 5.41) is 3.47. The zero-order valence-electron chi connectivity index (χ0n) is 13.3. The molecule has 0 aliphatic carbocycles. The van der Waals surface area contributed by atoms with Gasteiger partial charge in [0.1, 0.15) is 11.3 Å². The van der Waals surface area contributed by atoms with Crippen molar-refractivity contribution in [2.24, 2.45) is 0 Å². The van der Waals surface area contributed by atoms with Crippen LogP contribution in [0.15, 0.2) is 12.1 Å². The van der Waals surface area contributed by atoms with Crippen molar-refractivity contribution in [2.75, 3.05) is 33.9 Å². The van der Waals surface area contributed by atoms with Gasteiger partial charge >= 0.3 is 0 Å². The summed E-state index contributed by atoms with van der Waals surface area (Å²) in [4.78, 5) is 15.0. The lowest BCUT2D eigenvalue weighted by Crippen LogP contribution is -2.47. The Balaban J connectivity index is 2.20. The summed E-state index contributed by atoms with van der Waals surface area (Å²) in [5.74, 6) is 0.600. The molecule has 1 N–H and O–H groups in total. The van der Waals surface area contributed by atoms with Crippen LogP contribution in [0.25, 0.3) is 0 Å². The molecule has 1 atom stereocenters. The standard InChI is InChI=1S/C16H23ClN2O3/c1-4-19-9-5-6-11(10-19)18-16(20)14-13(21-2)8-7-12(17)15(14)22-3/h7-8,11H,4-6,9-10H2,1-3H3,(H,18,20). The van der Waals surface area contributed by atoms with Crippen LogP contribution in [0.5, 0.6) is 11.5 Å². The van der Waals surface area contributed by atoms with Gasteiger partial charge in [-0.1, -0.05) is 18.5 Å². The molecule has 1 unspecified atom stereocenters. The Kier molecular flexibility index (Phi) is 5.91. The average Bonchev–Trinajstić information content (AvgIpc) is 2.54. The first-order valence-electron chi connectivity index (χ1n) is 7.54. The van der Waals surface area contributed by atoms with Crippen LogP contribution in [0.4, 0.5) is 0 Å². The molecule has 1 aliphatic heterocycles. The molecule has 0 spiro atoms. The van der Waals surface area contributed by atoms with Crippen molar-refractivity contribution in [2.45, 2.75) is 25.8 Å². The van der Waals surface area contributed by atoms with Gasteiger partial charge in [0.25, 0.3) is 5.91 Å². The van der Waals surface area contributed by atoms with Crippen LogP contribution >= 0.6 is 11.6 Å². The minimum absolute atomic E-state index is 0.134. The Labute approximate surface area is 136 Å². The van der Waals surface area contributed by atoms with Gasteiger partial charge in [-0.3, -0.25) is 4.79 Å². The number of hydrogen-bond acceptors (Lipinski definition) is 4. The third kappa shape index (κ3) is 3.65. The van der Waals surface area contributed by atoms with Crippen LogP contribution in [0, 0.1) is 0 Å². The van der Waals surface area contributed by atoms with Gasteiger partial charge in [-0.15, -0.1) is 0 Å². The summed E-state index contributed by atoms with van der Waals surface area (Å²) >= 11 is 6.12. The number of nitrogens with zero attached hydrogens (tertiary/aromatic N) is 1. The molecule has 22 heavy (non-hydrogen) atoms. The quantitative estimate of drug-likeness (QED) is 0.903. The predicted octanol–water partition coefficient (Wildman–Crippen LogP) is 2.57. The maximum Gasteiger partial charge on any atom is 0.259 e. The molecule has 122 valence electrons. The van der Waals surface area contributed by atoms with Gasteiger partial charge in [0.15, 0.2) is 5.75 Å². The zero-order chi connectivity index (χ0) is 16.1. The Morgan fingerprint density at radius 3 is 2.82 bits per heavy atom. The first-order valence-corrected chi connectivity index (χ1v) is 7.92. The lowest BCUT2D eigenvalue weighted by molar-refractivity contribution is 0.0899. The maximum absolute atomic E-state index is 12.7. The van der Waals surface area contributed by atoms with Crippen molar-refractivity contribution in [1.82, 2.24) is 10.2 Å². The molecule has 1 fully saturated rings. The second-order valence-corrected chi connectivity index (χ2v) is 5.77. The second-order valence-electron chi connectivity index (χ2n) is 5.36. The van der Waals surface area contributed by atoms with Gasteiger partial charge in [-0.05, 0) is 38.1 Å². The van der Waals surface area contributed by atoms with Crippen LogP contribution in [-0.4, -0.2) is 50.7 Å². The normalized spacial score (nSPS) is 18.8. The summed E-state index contributed by atoms with van der Waals surface area (Å²) < 4.78 is 10.6. The molecule has 0 saturated carbocycles. The molecule has 1 aromatic rings. The van der Waals surface area contributed by atoms with Gasteiger partial charge < -0.3 is 19.7 Å². The van der Waals surface area contributed by atoms with Crippen molar-refractivity contribution < 1.29 is 14.3 Å². The van der Waals surface area contributed by atoms with Crippen molar-refractivity contribution in [3.05, 3.63) is 22.7 Å². The number of hydrogen-bond donors (Lipinski definition) is 1. The van der Waals surface area contributed by atoms with E-state index in [1.807, 2.05) is 0 Å². The molecule has 0 aromatic heterocycles.